The van der Waals surface area contributed by atoms with Crippen LogP contribution >= 0.6 is 23.4 Å². The molecule has 1 N–H and O–H groups in total. The highest BCUT2D eigenvalue weighted by molar-refractivity contribution is 7.99. The minimum absolute atomic E-state index is 0.120. The van der Waals surface area contributed by atoms with Crippen molar-refractivity contribution in [1.82, 2.24) is 10.2 Å². The Hall–Kier alpha value is -2.09. The number of nitro groups is 1. The van der Waals surface area contributed by atoms with Crippen LogP contribution in [0.15, 0.2) is 52.3 Å². The molecule has 2 aromatic rings. The maximum Gasteiger partial charge on any atom is 0.284 e. The van der Waals surface area contributed by atoms with E-state index >= 15 is 0 Å². The first-order valence-corrected chi connectivity index (χ1v) is 8.71. The molecule has 0 radical (unpaired) electrons. The van der Waals surface area contributed by atoms with E-state index in [2.05, 4.69) is 5.32 Å². The minimum atomic E-state index is -0.490. The molecule has 0 spiro atoms. The van der Waals surface area contributed by atoms with Crippen molar-refractivity contribution in [2.45, 2.75) is 9.79 Å². The fourth-order valence-electron chi connectivity index (χ4n) is 2.03. The lowest BCUT2D eigenvalue weighted by Gasteiger charge is -2.11. The second-order valence-corrected chi connectivity index (χ2v) is 7.02. The van der Waals surface area contributed by atoms with Crippen LogP contribution in [0.25, 0.3) is 0 Å². The lowest BCUT2D eigenvalue weighted by Crippen LogP contribution is -2.31. The standard InChI is InChI=1S/C17H18ClN3O3S/c1-20(2)10-9-19-17(22)12-7-8-16(14(11-12)21(23)24)25-15-6-4-3-5-13(15)18/h3-8,11H,9-10H2,1-2H3,(H,19,22). The lowest BCUT2D eigenvalue weighted by atomic mass is 10.2. The van der Waals surface area contributed by atoms with Crippen LogP contribution in [0.5, 0.6) is 0 Å². The third-order valence-electron chi connectivity index (χ3n) is 3.32. The van der Waals surface area contributed by atoms with Crippen molar-refractivity contribution in [2.75, 3.05) is 27.2 Å². The molecular weight excluding hydrogens is 362 g/mol. The summed E-state index contributed by atoms with van der Waals surface area (Å²) < 4.78 is 0. The maximum atomic E-state index is 12.1. The zero-order chi connectivity index (χ0) is 18.4. The van der Waals surface area contributed by atoms with E-state index in [-0.39, 0.29) is 17.2 Å². The van der Waals surface area contributed by atoms with Crippen LogP contribution in [0.3, 0.4) is 0 Å². The smallest absolute Gasteiger partial charge is 0.284 e. The Bertz CT molecular complexity index is 783. The lowest BCUT2D eigenvalue weighted by molar-refractivity contribution is -0.387. The molecule has 25 heavy (non-hydrogen) atoms. The average molecular weight is 380 g/mol. The van der Waals surface area contributed by atoms with E-state index in [0.717, 1.165) is 4.90 Å². The summed E-state index contributed by atoms with van der Waals surface area (Å²) in [5.74, 6) is -0.334. The molecule has 0 aromatic heterocycles. The quantitative estimate of drug-likeness (QED) is 0.586. The monoisotopic (exact) mass is 379 g/mol. The number of nitrogens with one attached hydrogen (secondary N) is 1. The van der Waals surface area contributed by atoms with Gasteiger partial charge in [-0.05, 0) is 38.4 Å². The molecule has 0 aliphatic heterocycles. The third-order valence-corrected chi connectivity index (χ3v) is 4.90. The van der Waals surface area contributed by atoms with E-state index in [0.29, 0.717) is 23.0 Å². The third kappa shape index (κ3) is 5.45. The Balaban J connectivity index is 2.21. The van der Waals surface area contributed by atoms with Crippen LogP contribution in [-0.4, -0.2) is 42.9 Å². The van der Waals surface area contributed by atoms with Crippen molar-refractivity contribution in [3.8, 4) is 0 Å². The number of amides is 1. The Labute approximate surface area is 155 Å². The molecule has 132 valence electrons. The van der Waals surface area contributed by atoms with E-state index < -0.39 is 4.92 Å². The van der Waals surface area contributed by atoms with Gasteiger partial charge in [0, 0.05) is 29.6 Å². The van der Waals surface area contributed by atoms with Gasteiger partial charge in [-0.2, -0.15) is 0 Å². The SMILES string of the molecule is CN(C)CCNC(=O)c1ccc(Sc2ccccc2Cl)c([N+](=O)[O-])c1. The number of nitro benzene ring substituents is 1. The molecule has 6 nitrogen and oxygen atoms in total. The molecule has 0 atom stereocenters. The van der Waals surface area contributed by atoms with Gasteiger partial charge in [0.05, 0.1) is 14.8 Å². The van der Waals surface area contributed by atoms with Crippen molar-refractivity contribution >= 4 is 35.0 Å². The summed E-state index contributed by atoms with van der Waals surface area (Å²) in [7, 11) is 3.80. The molecule has 0 bridgehead atoms. The first kappa shape index (κ1) is 19.2. The Morgan fingerprint density at radius 2 is 1.96 bits per heavy atom. The van der Waals surface area contributed by atoms with E-state index in [4.69, 9.17) is 11.6 Å². The van der Waals surface area contributed by atoms with Crippen molar-refractivity contribution in [3.05, 3.63) is 63.2 Å². The fraction of sp³-hybridized carbons (Fsp3) is 0.235. The number of hydrogen-bond acceptors (Lipinski definition) is 5. The number of benzene rings is 2. The molecular formula is C17H18ClN3O3S. The molecule has 0 saturated carbocycles. The molecule has 2 aromatic carbocycles. The first-order valence-electron chi connectivity index (χ1n) is 7.52. The molecule has 0 aliphatic rings. The summed E-state index contributed by atoms with van der Waals surface area (Å²) in [6, 6.07) is 11.6. The number of halogens is 1. The number of carbonyl (C=O) groups is 1. The molecule has 0 unspecified atom stereocenters. The zero-order valence-electron chi connectivity index (χ0n) is 13.9. The van der Waals surface area contributed by atoms with Crippen LogP contribution in [0.4, 0.5) is 5.69 Å². The van der Waals surface area contributed by atoms with Gasteiger partial charge in [0.15, 0.2) is 0 Å². The average Bonchev–Trinajstić information content (AvgIpc) is 2.56. The molecule has 2 rings (SSSR count). The number of carbonyl (C=O) groups excluding carboxylic acids is 1. The normalized spacial score (nSPS) is 10.7. The molecule has 0 fully saturated rings. The zero-order valence-corrected chi connectivity index (χ0v) is 15.4. The highest BCUT2D eigenvalue weighted by Gasteiger charge is 2.19. The first-order chi connectivity index (χ1) is 11.9. The predicted octanol–water partition coefficient (Wildman–Crippen LogP) is 3.69. The van der Waals surface area contributed by atoms with Crippen molar-refractivity contribution in [3.63, 3.8) is 0 Å². The van der Waals surface area contributed by atoms with E-state index in [1.54, 1.807) is 30.3 Å². The van der Waals surface area contributed by atoms with Gasteiger partial charge >= 0.3 is 0 Å². The summed E-state index contributed by atoms with van der Waals surface area (Å²) in [5, 5.41) is 14.7. The van der Waals surface area contributed by atoms with E-state index in [1.165, 1.54) is 17.8 Å². The Morgan fingerprint density at radius 1 is 1.24 bits per heavy atom. The number of nitrogens with zero attached hydrogens (tertiary/aromatic N) is 2. The fourth-order valence-corrected chi connectivity index (χ4v) is 3.20. The van der Waals surface area contributed by atoms with Crippen LogP contribution in [0.1, 0.15) is 10.4 Å². The number of rotatable bonds is 7. The Morgan fingerprint density at radius 3 is 2.60 bits per heavy atom. The van der Waals surface area contributed by atoms with Gasteiger partial charge in [0.25, 0.3) is 11.6 Å². The van der Waals surface area contributed by atoms with Gasteiger partial charge in [-0.25, -0.2) is 0 Å². The highest BCUT2D eigenvalue weighted by atomic mass is 35.5. The summed E-state index contributed by atoms with van der Waals surface area (Å²) in [6.07, 6.45) is 0. The maximum absolute atomic E-state index is 12.1. The van der Waals surface area contributed by atoms with Crippen LogP contribution in [0.2, 0.25) is 5.02 Å². The van der Waals surface area contributed by atoms with E-state index in [1.807, 2.05) is 25.1 Å². The van der Waals surface area contributed by atoms with Crippen LogP contribution < -0.4 is 5.32 Å². The largest absolute Gasteiger partial charge is 0.351 e. The summed E-state index contributed by atoms with van der Waals surface area (Å²) >= 11 is 7.31. The van der Waals surface area contributed by atoms with Gasteiger partial charge < -0.3 is 10.2 Å². The summed E-state index contributed by atoms with van der Waals surface area (Å²) in [5.41, 5.74) is 0.138. The van der Waals surface area contributed by atoms with Gasteiger partial charge in [-0.3, -0.25) is 14.9 Å². The van der Waals surface area contributed by atoms with Gasteiger partial charge in [0.1, 0.15) is 0 Å². The topological polar surface area (TPSA) is 75.5 Å². The van der Waals surface area contributed by atoms with Crippen molar-refractivity contribution in [2.24, 2.45) is 0 Å². The summed E-state index contributed by atoms with van der Waals surface area (Å²) in [4.78, 5) is 26.1. The minimum Gasteiger partial charge on any atom is -0.351 e. The van der Waals surface area contributed by atoms with Crippen LogP contribution in [-0.2, 0) is 0 Å². The van der Waals surface area contributed by atoms with E-state index in [9.17, 15) is 14.9 Å². The van der Waals surface area contributed by atoms with Crippen LogP contribution in [0, 0.1) is 10.1 Å². The molecule has 8 heteroatoms. The molecule has 1 amide bonds. The Kier molecular flexibility index (Phi) is 6.81. The number of likely N-dealkylation sites (N-methyl/N-ethyl adjacent to an activating group) is 1. The van der Waals surface area contributed by atoms with Gasteiger partial charge in [-0.15, -0.1) is 0 Å². The van der Waals surface area contributed by atoms with Gasteiger partial charge in [-0.1, -0.05) is 35.5 Å². The van der Waals surface area contributed by atoms with Gasteiger partial charge in [0.2, 0.25) is 0 Å². The second-order valence-electron chi connectivity index (χ2n) is 5.53. The molecule has 0 aliphatic carbocycles. The molecule has 0 saturated heterocycles. The summed E-state index contributed by atoms with van der Waals surface area (Å²) in [6.45, 7) is 1.16. The molecule has 0 heterocycles. The van der Waals surface area contributed by atoms with Crippen molar-refractivity contribution < 1.29 is 9.72 Å². The highest BCUT2D eigenvalue weighted by Crippen LogP contribution is 2.38. The predicted molar refractivity (Wildman–Crippen MR) is 99.6 cm³/mol. The number of hydrogen-bond donors (Lipinski definition) is 1. The van der Waals surface area contributed by atoms with Crippen molar-refractivity contribution in [1.29, 1.82) is 0 Å². The second kappa shape index (κ2) is 8.84.